The number of aromatic hydroxyl groups is 4. The summed E-state index contributed by atoms with van der Waals surface area (Å²) in [5.41, 5.74) is 6.39. The van der Waals surface area contributed by atoms with Gasteiger partial charge in [0, 0.05) is 44.3 Å². The first-order valence-electron chi connectivity index (χ1n) is 15.8. The number of phenolic OH excluding ortho intramolecular Hbond substituents is 4. The number of rotatable bonds is 0. The predicted octanol–water partition coefficient (Wildman–Crippen LogP) is 0.244. The van der Waals surface area contributed by atoms with Crippen LogP contribution in [0.5, 0.6) is 23.0 Å². The molecule has 0 aliphatic heterocycles. The van der Waals surface area contributed by atoms with E-state index in [0.717, 1.165) is 44.3 Å². The second kappa shape index (κ2) is 21.4. The monoisotopic (exact) mass is 693 g/mol. The Bertz CT molecular complexity index is 2070. The maximum Gasteiger partial charge on any atom is 1.00 e. The molecule has 0 bridgehead atoms. The minimum Gasteiger partial charge on any atom is -0.900 e. The van der Waals surface area contributed by atoms with Crippen LogP contribution in [0.1, 0.15) is 22.8 Å². The van der Waals surface area contributed by atoms with Crippen LogP contribution in [0.15, 0.2) is 121 Å². The molecule has 4 aromatic carbocycles. The van der Waals surface area contributed by atoms with Crippen LogP contribution in [-0.4, -0.2) is 48.0 Å². The molecule has 1 radical (unpaired) electrons. The van der Waals surface area contributed by atoms with Gasteiger partial charge in [-0.05, 0) is 76.2 Å². The zero-order valence-electron chi connectivity index (χ0n) is 30.5. The third kappa shape index (κ3) is 12.5. The zero-order chi connectivity index (χ0) is 36.9. The van der Waals surface area contributed by atoms with Crippen molar-refractivity contribution in [1.29, 1.82) is 0 Å². The van der Waals surface area contributed by atoms with Crippen molar-refractivity contribution in [3.05, 3.63) is 144 Å². The molecule has 0 aliphatic rings. The fourth-order valence-electron chi connectivity index (χ4n) is 4.92. The van der Waals surface area contributed by atoms with Crippen molar-refractivity contribution < 1.29 is 68.2 Å². The number of benzene rings is 4. The molecule has 0 aliphatic carbocycles. The summed E-state index contributed by atoms with van der Waals surface area (Å²) in [4.78, 5) is 16.9. The van der Waals surface area contributed by atoms with E-state index in [2.05, 4.69) is 19.9 Å². The van der Waals surface area contributed by atoms with Crippen LogP contribution in [0, 0.1) is 27.7 Å². The van der Waals surface area contributed by atoms with Crippen LogP contribution in [0.2, 0.25) is 0 Å². The molecule has 0 spiro atoms. The molecule has 4 heterocycles. The Balaban J connectivity index is 0.000000235. The number of para-hydroxylation sites is 4. The molecular formula is C40H36BLi2N4O6. The molecule has 53 heavy (non-hydrogen) atoms. The normalized spacial score (nSPS) is 9.70. The van der Waals surface area contributed by atoms with Gasteiger partial charge in [-0.15, -0.1) is 0 Å². The van der Waals surface area contributed by atoms with Gasteiger partial charge in [0.25, 0.3) is 0 Å². The fraction of sp³-hybridized carbons (Fsp3) is 0.100. The summed E-state index contributed by atoms with van der Waals surface area (Å²) in [5, 5.41) is 58.1. The first-order valence-corrected chi connectivity index (χ1v) is 15.8. The molecular weight excluding hydrogens is 657 g/mol. The minimum absolute atomic E-state index is 0. The second-order valence-electron chi connectivity index (χ2n) is 11.3. The number of nitrogens with zero attached hydrogens (tertiary/aromatic N) is 4. The Morgan fingerprint density at radius 3 is 0.736 bits per heavy atom. The Kier molecular flexibility index (Phi) is 17.8. The molecule has 0 unspecified atom stereocenters. The van der Waals surface area contributed by atoms with Crippen molar-refractivity contribution in [3.8, 4) is 23.0 Å². The van der Waals surface area contributed by atoms with Crippen molar-refractivity contribution in [2.24, 2.45) is 0 Å². The van der Waals surface area contributed by atoms with E-state index >= 15 is 0 Å². The van der Waals surface area contributed by atoms with E-state index < -0.39 is 7.69 Å². The van der Waals surface area contributed by atoms with Crippen molar-refractivity contribution in [3.63, 3.8) is 0 Å². The molecule has 4 aromatic heterocycles. The van der Waals surface area contributed by atoms with Crippen LogP contribution in [0.25, 0.3) is 43.6 Å². The summed E-state index contributed by atoms with van der Waals surface area (Å²) in [6.07, 6.45) is 0. The SMILES string of the molecule is Cc1ccc2cccc(O)c2n1.Cc1ccc2cccc(O)c2n1.Cc1ccc2cccc(O)c2n1.Cc1ccc2cccc(O)c2n1.[Li+].[Li+].[O-][B][O-]. The number of aromatic nitrogens is 4. The molecule has 0 amide bonds. The largest absolute Gasteiger partial charge is 1.00 e. The summed E-state index contributed by atoms with van der Waals surface area (Å²) in [6.45, 7) is 7.63. The molecule has 10 nitrogen and oxygen atoms in total. The molecule has 0 atom stereocenters. The van der Waals surface area contributed by atoms with E-state index in [-0.39, 0.29) is 60.7 Å². The van der Waals surface area contributed by atoms with Crippen LogP contribution < -0.4 is 47.8 Å². The van der Waals surface area contributed by atoms with Gasteiger partial charge in [-0.1, -0.05) is 72.8 Å². The molecule has 8 aromatic rings. The first-order chi connectivity index (χ1) is 24.5. The van der Waals surface area contributed by atoms with Crippen LogP contribution >= 0.6 is 0 Å². The average molecular weight is 693 g/mol. The third-order valence-corrected chi connectivity index (χ3v) is 7.35. The van der Waals surface area contributed by atoms with Gasteiger partial charge < -0.3 is 30.5 Å². The Morgan fingerprint density at radius 1 is 0.358 bits per heavy atom. The fourth-order valence-corrected chi connectivity index (χ4v) is 4.92. The summed E-state index contributed by atoms with van der Waals surface area (Å²) >= 11 is 0. The van der Waals surface area contributed by atoms with Crippen molar-refractivity contribution in [2.75, 3.05) is 0 Å². The number of hydrogen-bond acceptors (Lipinski definition) is 10. The molecule has 257 valence electrons. The van der Waals surface area contributed by atoms with E-state index in [9.17, 15) is 20.4 Å². The van der Waals surface area contributed by atoms with Crippen LogP contribution in [0.4, 0.5) is 0 Å². The topological polar surface area (TPSA) is 179 Å². The molecule has 13 heteroatoms. The van der Waals surface area contributed by atoms with E-state index in [1.807, 2.05) is 125 Å². The summed E-state index contributed by atoms with van der Waals surface area (Å²) in [5.74, 6) is 0.986. The van der Waals surface area contributed by atoms with Crippen LogP contribution in [-0.2, 0) is 0 Å². The van der Waals surface area contributed by atoms with Gasteiger partial charge in [0.15, 0.2) is 0 Å². The van der Waals surface area contributed by atoms with Crippen molar-refractivity contribution in [2.45, 2.75) is 27.7 Å². The minimum atomic E-state index is -0.500. The number of pyridine rings is 4. The zero-order valence-corrected chi connectivity index (χ0v) is 30.5. The number of aryl methyl sites for hydroxylation is 4. The van der Waals surface area contributed by atoms with Crippen LogP contribution in [0.3, 0.4) is 0 Å². The van der Waals surface area contributed by atoms with Crippen molar-refractivity contribution >= 4 is 51.3 Å². The summed E-state index contributed by atoms with van der Waals surface area (Å²) < 4.78 is 0. The Labute approximate surface area is 332 Å². The predicted molar refractivity (Wildman–Crippen MR) is 198 cm³/mol. The molecule has 0 saturated heterocycles. The first kappa shape index (κ1) is 44.1. The number of phenols is 4. The smallest absolute Gasteiger partial charge is 0.900 e. The maximum absolute atomic E-state index is 9.43. The summed E-state index contributed by atoms with van der Waals surface area (Å²) in [6, 6.07) is 37.1. The van der Waals surface area contributed by atoms with Gasteiger partial charge in [-0.3, -0.25) is 0 Å². The van der Waals surface area contributed by atoms with E-state index in [1.165, 1.54) is 0 Å². The third-order valence-electron chi connectivity index (χ3n) is 7.35. The number of hydrogen-bond donors (Lipinski definition) is 4. The van der Waals surface area contributed by atoms with Gasteiger partial charge in [-0.25, -0.2) is 27.6 Å². The van der Waals surface area contributed by atoms with Gasteiger partial charge in [0.2, 0.25) is 0 Å². The standard InChI is InChI=1S/4C10H9NO.BO2.2Li/c4*1-7-5-6-8-3-2-4-9(12)10(8)11-7;2-1-3;;/h4*2-6,12H,1H3;;;/q;;;;-2;2*+1. The van der Waals surface area contributed by atoms with E-state index in [1.54, 1.807) is 24.3 Å². The van der Waals surface area contributed by atoms with Gasteiger partial charge in [0.05, 0.1) is 0 Å². The Hall–Kier alpha value is -5.10. The van der Waals surface area contributed by atoms with E-state index in [0.29, 0.717) is 22.1 Å². The van der Waals surface area contributed by atoms with Gasteiger partial charge >= 0.3 is 37.7 Å². The number of fused-ring (bicyclic) bond motifs is 4. The molecule has 0 fully saturated rings. The summed E-state index contributed by atoms with van der Waals surface area (Å²) in [7, 11) is -0.500. The quantitative estimate of drug-likeness (QED) is 0.161. The molecule has 0 saturated carbocycles. The Morgan fingerprint density at radius 2 is 0.547 bits per heavy atom. The molecule has 4 N–H and O–H groups in total. The van der Waals surface area contributed by atoms with Gasteiger partial charge in [0.1, 0.15) is 45.1 Å². The average Bonchev–Trinajstić information content (AvgIpc) is 3.11. The van der Waals surface area contributed by atoms with Gasteiger partial charge in [-0.2, -0.15) is 0 Å². The van der Waals surface area contributed by atoms with Crippen molar-refractivity contribution in [1.82, 2.24) is 19.9 Å². The molecule has 8 rings (SSSR count). The maximum atomic E-state index is 9.43. The second-order valence-corrected chi connectivity index (χ2v) is 11.3. The van der Waals surface area contributed by atoms with E-state index in [4.69, 9.17) is 10.0 Å².